The summed E-state index contributed by atoms with van der Waals surface area (Å²) in [5.74, 6) is -0.211. The van der Waals surface area contributed by atoms with Crippen molar-refractivity contribution in [3.05, 3.63) is 86.2 Å². The molecule has 0 unspecified atom stereocenters. The number of carbonyl (C=O) groups is 1. The number of halogens is 1. The number of thiophene rings is 1. The first-order chi connectivity index (χ1) is 16.9. The van der Waals surface area contributed by atoms with Crippen molar-refractivity contribution >= 4 is 34.5 Å². The molecule has 0 aliphatic carbocycles. The minimum absolute atomic E-state index is 0.107. The van der Waals surface area contributed by atoms with Crippen molar-refractivity contribution in [3.8, 4) is 11.4 Å². The number of benzene rings is 1. The second-order valence-electron chi connectivity index (χ2n) is 8.13. The van der Waals surface area contributed by atoms with Gasteiger partial charge in [0.2, 0.25) is 0 Å². The lowest BCUT2D eigenvalue weighted by atomic mass is 10.2. The van der Waals surface area contributed by atoms with Gasteiger partial charge in [-0.05, 0) is 63.5 Å². The molecule has 35 heavy (non-hydrogen) atoms. The molecule has 0 saturated carbocycles. The lowest BCUT2D eigenvalue weighted by Gasteiger charge is -2.15. The summed E-state index contributed by atoms with van der Waals surface area (Å²) < 4.78 is 3.82. The Morgan fingerprint density at radius 1 is 1.17 bits per heavy atom. The molecule has 1 amide bonds. The van der Waals surface area contributed by atoms with E-state index in [9.17, 15) is 9.59 Å². The van der Waals surface area contributed by atoms with Gasteiger partial charge in [0, 0.05) is 18.8 Å². The van der Waals surface area contributed by atoms with E-state index in [0.717, 1.165) is 36.6 Å². The van der Waals surface area contributed by atoms with Crippen LogP contribution in [0.15, 0.2) is 65.7 Å². The topological polar surface area (TPSA) is 97.1 Å². The van der Waals surface area contributed by atoms with Crippen molar-refractivity contribution in [1.29, 1.82) is 0 Å². The Balaban J connectivity index is 1.54. The third-order valence-electron chi connectivity index (χ3n) is 5.19. The molecule has 3 aromatic heterocycles. The van der Waals surface area contributed by atoms with Crippen LogP contribution in [-0.2, 0) is 6.54 Å². The Bertz CT molecular complexity index is 1360. The van der Waals surface area contributed by atoms with E-state index in [0.29, 0.717) is 14.9 Å². The van der Waals surface area contributed by atoms with Gasteiger partial charge in [0.1, 0.15) is 5.69 Å². The smallest absolute Gasteiger partial charge is 0.261 e. The predicted octanol–water partition coefficient (Wildman–Crippen LogP) is 3.43. The summed E-state index contributed by atoms with van der Waals surface area (Å²) in [4.78, 5) is 27.3. The summed E-state index contributed by atoms with van der Waals surface area (Å²) in [6, 6.07) is 14.1. The zero-order chi connectivity index (χ0) is 24.8. The summed E-state index contributed by atoms with van der Waals surface area (Å²) in [6.45, 7) is 1.93. The highest BCUT2D eigenvalue weighted by molar-refractivity contribution is 7.17. The summed E-state index contributed by atoms with van der Waals surface area (Å²) in [5, 5.41) is 14.8. The monoisotopic (exact) mass is 511 g/mol. The number of nitrogens with one attached hydrogen (secondary N) is 2. The number of aromatic nitrogens is 4. The Morgan fingerprint density at radius 2 is 2.03 bits per heavy atom. The molecular weight excluding hydrogens is 486 g/mol. The first-order valence-electron chi connectivity index (χ1n) is 11.1. The van der Waals surface area contributed by atoms with Gasteiger partial charge in [-0.3, -0.25) is 14.2 Å². The normalized spacial score (nSPS) is 11.1. The van der Waals surface area contributed by atoms with Gasteiger partial charge in [0.05, 0.1) is 39.0 Å². The Labute approximate surface area is 212 Å². The quantitative estimate of drug-likeness (QED) is 0.317. The molecule has 4 rings (SSSR count). The van der Waals surface area contributed by atoms with Crippen LogP contribution in [0.2, 0.25) is 4.34 Å². The van der Waals surface area contributed by atoms with Crippen molar-refractivity contribution in [2.24, 2.45) is 0 Å². The minimum atomic E-state index is -0.211. The van der Waals surface area contributed by atoms with Crippen LogP contribution >= 0.6 is 22.9 Å². The minimum Gasteiger partial charge on any atom is -0.383 e. The average molecular weight is 512 g/mol. The van der Waals surface area contributed by atoms with E-state index in [-0.39, 0.29) is 18.0 Å². The Hall–Kier alpha value is -3.47. The highest BCUT2D eigenvalue weighted by atomic mass is 35.5. The molecule has 1 aromatic carbocycles. The van der Waals surface area contributed by atoms with Gasteiger partial charge in [-0.2, -0.15) is 0 Å². The van der Waals surface area contributed by atoms with Gasteiger partial charge in [-0.1, -0.05) is 22.9 Å². The standard InChI is InChI=1S/C24H26ClN7O2S/c1-30(2)12-5-11-26-19-14-18(31-13-4-3-6-23(31)33)7-8-20(19)32-16-17(28-29-32)15-27-24(34)21-9-10-22(25)35-21/h3-4,6-10,13-14,16,26H,5,11-12,15H2,1-2H3,(H,27,34). The van der Waals surface area contributed by atoms with Gasteiger partial charge in [0.15, 0.2) is 0 Å². The van der Waals surface area contributed by atoms with Gasteiger partial charge >= 0.3 is 0 Å². The lowest BCUT2D eigenvalue weighted by Crippen LogP contribution is -2.21. The van der Waals surface area contributed by atoms with Crippen LogP contribution < -0.4 is 16.2 Å². The molecule has 0 aliphatic heterocycles. The SMILES string of the molecule is CN(C)CCCNc1cc(-n2ccccc2=O)ccc1-n1cc(CNC(=O)c2ccc(Cl)s2)nn1. The van der Waals surface area contributed by atoms with Crippen molar-refractivity contribution < 1.29 is 4.79 Å². The molecule has 2 N–H and O–H groups in total. The number of anilines is 1. The maximum absolute atomic E-state index is 12.3. The fraction of sp³-hybridized carbons (Fsp3) is 0.250. The summed E-state index contributed by atoms with van der Waals surface area (Å²) in [5.41, 5.74) is 2.87. The number of hydrogen-bond acceptors (Lipinski definition) is 7. The third-order valence-corrected chi connectivity index (χ3v) is 6.42. The van der Waals surface area contributed by atoms with E-state index < -0.39 is 0 Å². The van der Waals surface area contributed by atoms with Crippen molar-refractivity contribution in [2.45, 2.75) is 13.0 Å². The highest BCUT2D eigenvalue weighted by Gasteiger charge is 2.13. The molecule has 11 heteroatoms. The predicted molar refractivity (Wildman–Crippen MR) is 139 cm³/mol. The van der Waals surface area contributed by atoms with Crippen LogP contribution in [0.25, 0.3) is 11.4 Å². The van der Waals surface area contributed by atoms with Crippen molar-refractivity contribution in [2.75, 3.05) is 32.5 Å². The molecule has 182 valence electrons. The van der Waals surface area contributed by atoms with Crippen molar-refractivity contribution in [1.82, 2.24) is 29.8 Å². The van der Waals surface area contributed by atoms with E-state index in [1.807, 2.05) is 38.4 Å². The molecule has 0 spiro atoms. The number of nitrogens with zero attached hydrogens (tertiary/aromatic N) is 5. The van der Waals surface area contributed by atoms with E-state index in [4.69, 9.17) is 11.6 Å². The maximum Gasteiger partial charge on any atom is 0.261 e. The van der Waals surface area contributed by atoms with Crippen molar-refractivity contribution in [3.63, 3.8) is 0 Å². The molecule has 0 bridgehead atoms. The van der Waals surface area contributed by atoms with Crippen LogP contribution in [-0.4, -0.2) is 57.6 Å². The molecule has 0 radical (unpaired) electrons. The second kappa shape index (κ2) is 11.3. The Morgan fingerprint density at radius 3 is 2.77 bits per heavy atom. The molecule has 0 aliphatic rings. The average Bonchev–Trinajstić information content (AvgIpc) is 3.49. The molecule has 0 saturated heterocycles. The second-order valence-corrected chi connectivity index (χ2v) is 9.85. The van der Waals surface area contributed by atoms with Gasteiger partial charge in [-0.25, -0.2) is 4.68 Å². The molecule has 0 atom stereocenters. The van der Waals surface area contributed by atoms with Gasteiger partial charge in [-0.15, -0.1) is 16.4 Å². The highest BCUT2D eigenvalue weighted by Crippen LogP contribution is 2.24. The zero-order valence-corrected chi connectivity index (χ0v) is 21.0. The van der Waals surface area contributed by atoms with Crippen LogP contribution in [0.1, 0.15) is 21.8 Å². The molecule has 4 aromatic rings. The fourth-order valence-corrected chi connectivity index (χ4v) is 4.43. The molecule has 9 nitrogen and oxygen atoms in total. The van der Waals surface area contributed by atoms with Crippen LogP contribution in [0.4, 0.5) is 5.69 Å². The van der Waals surface area contributed by atoms with Gasteiger partial charge in [0.25, 0.3) is 11.5 Å². The van der Waals surface area contributed by atoms with Gasteiger partial charge < -0.3 is 15.5 Å². The van der Waals surface area contributed by atoms with E-state index >= 15 is 0 Å². The largest absolute Gasteiger partial charge is 0.383 e. The summed E-state index contributed by atoms with van der Waals surface area (Å²) >= 11 is 7.14. The van der Waals surface area contributed by atoms with E-state index in [2.05, 4.69) is 25.8 Å². The zero-order valence-electron chi connectivity index (χ0n) is 19.4. The molecular formula is C24H26ClN7O2S. The van der Waals surface area contributed by atoms with Crippen LogP contribution in [0.5, 0.6) is 0 Å². The first-order valence-corrected chi connectivity index (χ1v) is 12.3. The number of rotatable bonds is 10. The first kappa shape index (κ1) is 24.6. The van der Waals surface area contributed by atoms with Crippen LogP contribution in [0, 0.1) is 0 Å². The third kappa shape index (κ3) is 6.36. The lowest BCUT2D eigenvalue weighted by molar-refractivity contribution is 0.0954. The summed E-state index contributed by atoms with van der Waals surface area (Å²) in [7, 11) is 4.08. The Kier molecular flexibility index (Phi) is 7.96. The summed E-state index contributed by atoms with van der Waals surface area (Å²) in [6.07, 6.45) is 4.46. The number of hydrogen-bond donors (Lipinski definition) is 2. The fourth-order valence-electron chi connectivity index (χ4n) is 3.47. The van der Waals surface area contributed by atoms with Crippen LogP contribution in [0.3, 0.4) is 0 Å². The molecule has 0 fully saturated rings. The van der Waals surface area contributed by atoms with E-state index in [1.54, 1.807) is 39.8 Å². The number of amides is 1. The molecule has 3 heterocycles. The van der Waals surface area contributed by atoms with E-state index in [1.165, 1.54) is 17.4 Å². The number of carbonyl (C=O) groups excluding carboxylic acids is 1. The maximum atomic E-state index is 12.3. The number of pyridine rings is 1.